The third kappa shape index (κ3) is 3.47. The first-order valence-electron chi connectivity index (χ1n) is 4.01. The zero-order chi connectivity index (χ0) is 11.8. The minimum absolute atomic E-state index is 0.920. The Morgan fingerprint density at radius 1 is 0.938 bits per heavy atom. The van der Waals surface area contributed by atoms with Gasteiger partial charge in [0.1, 0.15) is 0 Å². The van der Waals surface area contributed by atoms with Crippen LogP contribution in [0.1, 0.15) is 0 Å². The Morgan fingerprint density at radius 2 is 1.56 bits per heavy atom. The van der Waals surface area contributed by atoms with Crippen LogP contribution >= 0.6 is 64.6 Å². The van der Waals surface area contributed by atoms with Crippen molar-refractivity contribution in [2.24, 2.45) is 13.5 Å². The van der Waals surface area contributed by atoms with Crippen LogP contribution in [0.25, 0.3) is 0 Å². The van der Waals surface area contributed by atoms with E-state index < -0.39 is 19.7 Å². The van der Waals surface area contributed by atoms with Gasteiger partial charge in [-0.1, -0.05) is 18.2 Å². The second-order valence-corrected chi connectivity index (χ2v) is 14.6. The van der Waals surface area contributed by atoms with Crippen molar-refractivity contribution < 1.29 is 0 Å². The number of hydrogen-bond donors (Lipinski definition) is 0. The average molecular weight is 354 g/mol. The van der Waals surface area contributed by atoms with Crippen molar-refractivity contribution in [1.82, 2.24) is 0 Å². The van der Waals surface area contributed by atoms with Crippen LogP contribution in [0, 0.1) is 0 Å². The Bertz CT molecular complexity index is 536. The molecule has 0 bridgehead atoms. The van der Waals surface area contributed by atoms with Gasteiger partial charge in [0.25, 0.3) is 0 Å². The Morgan fingerprint density at radius 3 is 2.12 bits per heavy atom. The van der Waals surface area contributed by atoms with E-state index in [1.807, 2.05) is 30.3 Å². The standard InChI is InChI=1S/C6H5Cl4N3P3/c7-15(8)11-14(12-16(9,10)13-15)6-4-2-1-3-5-6/h1-5H/q+1. The van der Waals surface area contributed by atoms with Gasteiger partial charge in [0, 0.05) is 0 Å². The van der Waals surface area contributed by atoms with E-state index in [0.29, 0.717) is 0 Å². The molecule has 1 heterocycles. The highest BCUT2D eigenvalue weighted by atomic mass is 35.9. The van der Waals surface area contributed by atoms with Crippen molar-refractivity contribution in [3.8, 4) is 0 Å². The monoisotopic (exact) mass is 352 g/mol. The first-order valence-corrected chi connectivity index (χ1v) is 12.3. The van der Waals surface area contributed by atoms with Crippen LogP contribution in [0.5, 0.6) is 0 Å². The van der Waals surface area contributed by atoms with E-state index in [9.17, 15) is 0 Å². The SMILES string of the molecule is ClP1(Cl)=N[P+](c2ccccc2)=NP(Cl)(Cl)=N1. The van der Waals surface area contributed by atoms with E-state index in [4.69, 9.17) is 45.0 Å². The lowest BCUT2D eigenvalue weighted by atomic mass is 10.4. The third-order valence-electron chi connectivity index (χ3n) is 1.59. The van der Waals surface area contributed by atoms with Crippen LogP contribution in [0.2, 0.25) is 0 Å². The van der Waals surface area contributed by atoms with E-state index >= 15 is 0 Å². The molecule has 0 aromatic heterocycles. The topological polar surface area (TPSA) is 37.1 Å². The molecule has 1 aromatic carbocycles. The molecule has 2 rings (SSSR count). The maximum Gasteiger partial charge on any atom is 0.397 e. The van der Waals surface area contributed by atoms with Crippen molar-refractivity contribution in [2.75, 3.05) is 0 Å². The number of halogens is 4. The highest BCUT2D eigenvalue weighted by Gasteiger charge is 2.35. The highest BCUT2D eigenvalue weighted by molar-refractivity contribution is 8.20. The molecule has 1 aliphatic heterocycles. The van der Waals surface area contributed by atoms with E-state index in [2.05, 4.69) is 13.5 Å². The molecular formula is C6H5Cl4N3P3+. The van der Waals surface area contributed by atoms with Gasteiger partial charge < -0.3 is 0 Å². The second kappa shape index (κ2) is 4.90. The molecule has 0 saturated carbocycles. The molecule has 16 heavy (non-hydrogen) atoms. The molecule has 1 aromatic rings. The summed E-state index contributed by atoms with van der Waals surface area (Å²) < 4.78 is 12.3. The van der Waals surface area contributed by atoms with Crippen LogP contribution < -0.4 is 5.30 Å². The van der Waals surface area contributed by atoms with Gasteiger partial charge in [0.05, 0.1) is 0 Å². The zero-order valence-electron chi connectivity index (χ0n) is 7.58. The van der Waals surface area contributed by atoms with Gasteiger partial charge in [0.2, 0.25) is 0 Å². The Balaban J connectivity index is 2.58. The number of nitrogens with zero attached hydrogens (tertiary/aromatic N) is 3. The lowest BCUT2D eigenvalue weighted by molar-refractivity contribution is 1.73. The van der Waals surface area contributed by atoms with Crippen molar-refractivity contribution in [1.29, 1.82) is 0 Å². The summed E-state index contributed by atoms with van der Waals surface area (Å²) in [6.45, 7) is 0. The van der Waals surface area contributed by atoms with E-state index in [1.54, 1.807) is 0 Å². The first-order chi connectivity index (χ1) is 7.38. The van der Waals surface area contributed by atoms with Gasteiger partial charge in [-0.2, -0.15) is 4.52 Å². The Kier molecular flexibility index (Phi) is 4.10. The molecular weight excluding hydrogens is 349 g/mol. The van der Waals surface area contributed by atoms with Crippen LogP contribution in [-0.4, -0.2) is 0 Å². The van der Waals surface area contributed by atoms with Crippen molar-refractivity contribution in [3.05, 3.63) is 30.3 Å². The lowest BCUT2D eigenvalue weighted by Gasteiger charge is -2.06. The molecule has 3 nitrogen and oxygen atoms in total. The summed E-state index contributed by atoms with van der Waals surface area (Å²) in [6.07, 6.45) is 0. The van der Waals surface area contributed by atoms with Gasteiger partial charge >= 0.3 is 19.7 Å². The average Bonchev–Trinajstić information content (AvgIpc) is 2.14. The van der Waals surface area contributed by atoms with Gasteiger partial charge in [0.15, 0.2) is 5.30 Å². The molecule has 1 unspecified atom stereocenters. The number of hydrogen-bond acceptors (Lipinski definition) is 3. The fourth-order valence-corrected chi connectivity index (χ4v) is 13.5. The number of benzene rings is 1. The largest absolute Gasteiger partial charge is 0.397 e. The summed E-state index contributed by atoms with van der Waals surface area (Å²) in [4.78, 5) is 0. The van der Waals surface area contributed by atoms with Crippen LogP contribution in [0.4, 0.5) is 0 Å². The maximum absolute atomic E-state index is 5.96. The number of rotatable bonds is 1. The fourth-order valence-electron chi connectivity index (χ4n) is 1.05. The summed E-state index contributed by atoms with van der Waals surface area (Å²) in [5.74, 6) is -5.53. The molecule has 86 valence electrons. The lowest BCUT2D eigenvalue weighted by Crippen LogP contribution is -1.92. The summed E-state index contributed by atoms with van der Waals surface area (Å²) in [7, 11) is -1.22. The van der Waals surface area contributed by atoms with Gasteiger partial charge in [-0.25, -0.2) is 0 Å². The zero-order valence-corrected chi connectivity index (χ0v) is 13.3. The van der Waals surface area contributed by atoms with E-state index in [1.165, 1.54) is 0 Å². The van der Waals surface area contributed by atoms with Crippen molar-refractivity contribution in [2.45, 2.75) is 0 Å². The molecule has 0 aliphatic carbocycles. The van der Waals surface area contributed by atoms with Crippen molar-refractivity contribution in [3.63, 3.8) is 0 Å². The Labute approximate surface area is 113 Å². The van der Waals surface area contributed by atoms with E-state index in [0.717, 1.165) is 5.30 Å². The van der Waals surface area contributed by atoms with Crippen LogP contribution in [0.3, 0.4) is 0 Å². The predicted molar refractivity (Wildman–Crippen MR) is 77.5 cm³/mol. The third-order valence-corrected chi connectivity index (χ3v) is 12.0. The molecule has 0 N–H and O–H groups in total. The van der Waals surface area contributed by atoms with Gasteiger partial charge in [-0.15, -0.1) is 0 Å². The summed E-state index contributed by atoms with van der Waals surface area (Å²) >= 11 is 23.8. The minimum atomic E-state index is -2.76. The summed E-state index contributed by atoms with van der Waals surface area (Å²) in [6, 6.07) is 9.47. The summed E-state index contributed by atoms with van der Waals surface area (Å²) in [5.41, 5.74) is 0. The normalized spacial score (nSPS) is 23.9. The molecule has 1 aliphatic rings. The maximum atomic E-state index is 5.96. The van der Waals surface area contributed by atoms with Crippen molar-refractivity contribution >= 4 is 70.0 Å². The minimum Gasteiger partial charge on any atom is -0.179 e. The molecule has 0 radical (unpaired) electrons. The van der Waals surface area contributed by atoms with Gasteiger partial charge in [-0.3, -0.25) is 0 Å². The predicted octanol–water partition coefficient (Wildman–Crippen LogP) is 6.75. The smallest absolute Gasteiger partial charge is 0.179 e. The quantitative estimate of drug-likeness (QED) is 0.500. The fraction of sp³-hybridized carbons (Fsp3) is 0. The van der Waals surface area contributed by atoms with E-state index in [-0.39, 0.29) is 0 Å². The van der Waals surface area contributed by atoms with Crippen LogP contribution in [-0.2, 0) is 0 Å². The first kappa shape index (κ1) is 13.4. The summed E-state index contributed by atoms with van der Waals surface area (Å²) in [5, 5.41) is 0.920. The molecule has 0 saturated heterocycles. The molecule has 10 heteroatoms. The van der Waals surface area contributed by atoms with Gasteiger partial charge in [-0.05, 0) is 66.1 Å². The molecule has 0 amide bonds. The van der Waals surface area contributed by atoms with Crippen LogP contribution in [0.15, 0.2) is 43.9 Å². The molecule has 1 atom stereocenters. The molecule has 0 fully saturated rings. The Hall–Kier alpha value is 0.940. The highest BCUT2D eigenvalue weighted by Crippen LogP contribution is 2.81. The molecule has 0 spiro atoms. The second-order valence-electron chi connectivity index (χ2n) is 2.80.